The van der Waals surface area contributed by atoms with Crippen LogP contribution in [0.25, 0.3) is 0 Å². The van der Waals surface area contributed by atoms with Gasteiger partial charge < -0.3 is 18.9 Å². The molecule has 0 radical (unpaired) electrons. The Kier molecular flexibility index (Phi) is 6.91. The molecule has 8 heteroatoms. The number of hydrogen-bond acceptors (Lipinski definition) is 8. The Hall–Kier alpha value is -4.46. The number of ether oxygens (including phenoxy) is 4. The molecule has 0 saturated carbocycles. The molecule has 4 rings (SSSR count). The topological polar surface area (TPSA) is 105 Å². The molecule has 0 N–H and O–H groups in total. The third-order valence-corrected chi connectivity index (χ3v) is 5.49. The van der Waals surface area contributed by atoms with Crippen LogP contribution in [0, 0.1) is 0 Å². The van der Waals surface area contributed by atoms with Crippen molar-refractivity contribution in [1.29, 1.82) is 0 Å². The molecule has 0 amide bonds. The Balaban J connectivity index is 1.57. The van der Waals surface area contributed by atoms with Gasteiger partial charge in [0.15, 0.2) is 12.2 Å². The fourth-order valence-electron chi connectivity index (χ4n) is 3.60. The van der Waals surface area contributed by atoms with E-state index in [9.17, 15) is 19.2 Å². The summed E-state index contributed by atoms with van der Waals surface area (Å²) in [7, 11) is 0. The van der Waals surface area contributed by atoms with E-state index < -0.39 is 48.3 Å². The fourth-order valence-corrected chi connectivity index (χ4v) is 3.60. The van der Waals surface area contributed by atoms with Gasteiger partial charge in [-0.05, 0) is 43.3 Å². The molecule has 0 aromatic heterocycles. The van der Waals surface area contributed by atoms with E-state index in [1.54, 1.807) is 66.7 Å². The Bertz CT molecular complexity index is 1210. The van der Waals surface area contributed by atoms with E-state index in [1.165, 1.54) is 31.2 Å². The molecule has 1 aliphatic rings. The van der Waals surface area contributed by atoms with E-state index in [1.807, 2.05) is 0 Å². The predicted molar refractivity (Wildman–Crippen MR) is 123 cm³/mol. The minimum Gasteiger partial charge on any atom is -0.458 e. The van der Waals surface area contributed by atoms with Crippen LogP contribution < -0.4 is 0 Å². The van der Waals surface area contributed by atoms with Crippen molar-refractivity contribution >= 4 is 23.9 Å². The van der Waals surface area contributed by atoms with Gasteiger partial charge in [0.2, 0.25) is 5.60 Å². The minimum absolute atomic E-state index is 0.202. The number of carbonyl (C=O) groups excluding carboxylic acids is 4. The standard InChI is InChI=1S/C27H22O8/c1-27(35-25(30)20-15-9-4-10-16-20)22(34-24(29)19-13-7-3-8-14-19)21(33-26(27)31)17-32-23(28)18-11-5-2-6-12-18/h2-16,21-22H,17H2,1H3/t21-,22-,27+/m0/s1. The Morgan fingerprint density at radius 1 is 0.743 bits per heavy atom. The van der Waals surface area contributed by atoms with Crippen molar-refractivity contribution in [2.75, 3.05) is 6.61 Å². The van der Waals surface area contributed by atoms with Gasteiger partial charge >= 0.3 is 23.9 Å². The van der Waals surface area contributed by atoms with Gasteiger partial charge in [-0.15, -0.1) is 0 Å². The molecule has 3 atom stereocenters. The maximum absolute atomic E-state index is 12.9. The zero-order valence-corrected chi connectivity index (χ0v) is 18.8. The summed E-state index contributed by atoms with van der Waals surface area (Å²) in [6.07, 6.45) is -2.57. The Morgan fingerprint density at radius 2 is 1.20 bits per heavy atom. The molecule has 1 saturated heterocycles. The first-order valence-electron chi connectivity index (χ1n) is 10.9. The van der Waals surface area contributed by atoms with Gasteiger partial charge in [-0.2, -0.15) is 0 Å². The fraction of sp³-hybridized carbons (Fsp3) is 0.185. The van der Waals surface area contributed by atoms with Gasteiger partial charge in [0.1, 0.15) is 6.61 Å². The number of rotatable bonds is 7. The molecule has 0 spiro atoms. The second-order valence-electron chi connectivity index (χ2n) is 7.96. The molecule has 1 aliphatic heterocycles. The van der Waals surface area contributed by atoms with Crippen LogP contribution in [0.4, 0.5) is 0 Å². The molecule has 0 aliphatic carbocycles. The highest BCUT2D eigenvalue weighted by molar-refractivity contribution is 5.95. The van der Waals surface area contributed by atoms with Crippen LogP contribution in [0.3, 0.4) is 0 Å². The molecule has 35 heavy (non-hydrogen) atoms. The number of hydrogen-bond donors (Lipinski definition) is 0. The van der Waals surface area contributed by atoms with Crippen molar-refractivity contribution in [3.63, 3.8) is 0 Å². The summed E-state index contributed by atoms with van der Waals surface area (Å²) in [5, 5.41) is 0. The first-order chi connectivity index (χ1) is 16.9. The summed E-state index contributed by atoms with van der Waals surface area (Å²) in [5.74, 6) is -3.12. The number of benzene rings is 3. The molecule has 8 nitrogen and oxygen atoms in total. The van der Waals surface area contributed by atoms with Crippen LogP contribution in [0.2, 0.25) is 0 Å². The second kappa shape index (κ2) is 10.2. The molecule has 0 unspecified atom stereocenters. The highest BCUT2D eigenvalue weighted by Crippen LogP contribution is 2.34. The highest BCUT2D eigenvalue weighted by Gasteiger charge is 2.60. The lowest BCUT2D eigenvalue weighted by Crippen LogP contribution is -2.50. The van der Waals surface area contributed by atoms with Gasteiger partial charge in [0.05, 0.1) is 16.7 Å². The van der Waals surface area contributed by atoms with Crippen molar-refractivity contribution in [2.24, 2.45) is 0 Å². The summed E-state index contributed by atoms with van der Waals surface area (Å²) in [4.78, 5) is 50.9. The van der Waals surface area contributed by atoms with Gasteiger partial charge in [0, 0.05) is 0 Å². The predicted octanol–water partition coefficient (Wildman–Crippen LogP) is 3.61. The van der Waals surface area contributed by atoms with Crippen molar-refractivity contribution in [3.05, 3.63) is 108 Å². The van der Waals surface area contributed by atoms with Crippen LogP contribution >= 0.6 is 0 Å². The van der Waals surface area contributed by atoms with E-state index >= 15 is 0 Å². The molecule has 3 aromatic rings. The molecular weight excluding hydrogens is 452 g/mol. The zero-order valence-electron chi connectivity index (χ0n) is 18.8. The number of carbonyl (C=O) groups is 4. The smallest absolute Gasteiger partial charge is 0.355 e. The lowest BCUT2D eigenvalue weighted by molar-refractivity contribution is -0.156. The number of esters is 4. The van der Waals surface area contributed by atoms with Gasteiger partial charge in [0.25, 0.3) is 0 Å². The van der Waals surface area contributed by atoms with Gasteiger partial charge in [-0.25, -0.2) is 19.2 Å². The highest BCUT2D eigenvalue weighted by atomic mass is 16.7. The largest absolute Gasteiger partial charge is 0.458 e. The van der Waals surface area contributed by atoms with E-state index in [2.05, 4.69) is 0 Å². The van der Waals surface area contributed by atoms with Crippen molar-refractivity contribution in [2.45, 2.75) is 24.7 Å². The average molecular weight is 474 g/mol. The summed E-state index contributed by atoms with van der Waals surface area (Å²) in [6.45, 7) is 0.892. The molecule has 1 fully saturated rings. The van der Waals surface area contributed by atoms with Crippen LogP contribution in [0.15, 0.2) is 91.0 Å². The monoisotopic (exact) mass is 474 g/mol. The van der Waals surface area contributed by atoms with E-state index in [0.29, 0.717) is 5.56 Å². The maximum Gasteiger partial charge on any atom is 0.355 e. The zero-order chi connectivity index (χ0) is 24.8. The van der Waals surface area contributed by atoms with E-state index in [4.69, 9.17) is 18.9 Å². The first-order valence-corrected chi connectivity index (χ1v) is 10.9. The minimum atomic E-state index is -1.97. The van der Waals surface area contributed by atoms with Crippen LogP contribution in [-0.4, -0.2) is 48.3 Å². The van der Waals surface area contributed by atoms with Crippen molar-refractivity contribution in [1.82, 2.24) is 0 Å². The van der Waals surface area contributed by atoms with Crippen LogP contribution in [0.1, 0.15) is 38.0 Å². The lowest BCUT2D eigenvalue weighted by atomic mass is 9.97. The normalized spacial score (nSPS) is 21.0. The second-order valence-corrected chi connectivity index (χ2v) is 7.96. The van der Waals surface area contributed by atoms with Crippen molar-refractivity contribution < 1.29 is 38.1 Å². The first kappa shape index (κ1) is 23.7. The van der Waals surface area contributed by atoms with Gasteiger partial charge in [-0.3, -0.25) is 0 Å². The summed E-state index contributed by atoms with van der Waals surface area (Å²) >= 11 is 0. The Morgan fingerprint density at radius 3 is 1.71 bits per heavy atom. The average Bonchev–Trinajstić information content (AvgIpc) is 3.12. The van der Waals surface area contributed by atoms with Gasteiger partial charge in [-0.1, -0.05) is 54.6 Å². The molecular formula is C27H22O8. The summed E-state index contributed by atoms with van der Waals surface area (Å²) in [6, 6.07) is 24.4. The SMILES string of the molecule is C[C@]1(OC(=O)c2ccccc2)C(=O)O[C@@H](COC(=O)c2ccccc2)[C@@H]1OC(=O)c1ccccc1. The quantitative estimate of drug-likeness (QED) is 0.378. The maximum atomic E-state index is 12.9. The molecule has 178 valence electrons. The molecule has 3 aromatic carbocycles. The Labute approximate surface area is 201 Å². The van der Waals surface area contributed by atoms with E-state index in [-0.39, 0.29) is 11.1 Å². The third kappa shape index (κ3) is 5.22. The van der Waals surface area contributed by atoms with Crippen LogP contribution in [-0.2, 0) is 23.7 Å². The third-order valence-electron chi connectivity index (χ3n) is 5.49. The summed E-state index contributed by atoms with van der Waals surface area (Å²) < 4.78 is 21.8. The summed E-state index contributed by atoms with van der Waals surface area (Å²) in [5.41, 5.74) is -1.24. The molecule has 1 heterocycles. The number of cyclic esters (lactones) is 1. The molecule has 0 bridgehead atoms. The lowest BCUT2D eigenvalue weighted by Gasteiger charge is -2.28. The van der Waals surface area contributed by atoms with E-state index in [0.717, 1.165) is 0 Å². The van der Waals surface area contributed by atoms with Crippen molar-refractivity contribution in [3.8, 4) is 0 Å². The van der Waals surface area contributed by atoms with Crippen LogP contribution in [0.5, 0.6) is 0 Å².